The minimum atomic E-state index is -0.839. The standard InChI is InChI=1S/C21H22N2O3S/c1-3-23(4-2)21(26)19(25)17(18(24)15-11-7-5-8-12-15)20(27)22-16-13-9-6-10-14-16/h5-14,24H,3-4H2,1-2H3,(H,22,27)/b18-17-. The van der Waals surface area contributed by atoms with E-state index in [1.807, 2.05) is 18.2 Å². The molecule has 0 heterocycles. The fraction of sp³-hybridized carbons (Fsp3) is 0.190. The van der Waals surface area contributed by atoms with Crippen LogP contribution in [-0.2, 0) is 9.59 Å². The first kappa shape index (κ1) is 20.3. The molecule has 0 aromatic heterocycles. The zero-order chi connectivity index (χ0) is 19.8. The summed E-state index contributed by atoms with van der Waals surface area (Å²) < 4.78 is 0. The highest BCUT2D eigenvalue weighted by Gasteiger charge is 2.29. The number of carbonyl (C=O) groups is 2. The lowest BCUT2D eigenvalue weighted by atomic mass is 10.0. The maximum atomic E-state index is 12.9. The van der Waals surface area contributed by atoms with E-state index in [1.165, 1.54) is 4.90 Å². The predicted molar refractivity (Wildman–Crippen MR) is 112 cm³/mol. The Morgan fingerprint density at radius 1 is 0.963 bits per heavy atom. The molecule has 6 heteroatoms. The van der Waals surface area contributed by atoms with Gasteiger partial charge in [-0.15, -0.1) is 0 Å². The quantitative estimate of drug-likeness (QED) is 0.330. The molecule has 0 bridgehead atoms. The van der Waals surface area contributed by atoms with Crippen molar-refractivity contribution in [2.24, 2.45) is 0 Å². The number of nitrogens with zero attached hydrogens (tertiary/aromatic N) is 1. The molecule has 0 atom stereocenters. The van der Waals surface area contributed by atoms with Crippen molar-refractivity contribution in [3.63, 3.8) is 0 Å². The molecular weight excluding hydrogens is 360 g/mol. The molecule has 0 fully saturated rings. The average Bonchev–Trinajstić information content (AvgIpc) is 2.70. The Hall–Kier alpha value is -2.99. The Labute approximate surface area is 164 Å². The van der Waals surface area contributed by atoms with Crippen molar-refractivity contribution in [2.45, 2.75) is 13.8 Å². The number of thiocarbonyl (C=S) groups is 1. The Balaban J connectivity index is 2.47. The van der Waals surface area contributed by atoms with Crippen LogP contribution >= 0.6 is 12.2 Å². The molecule has 27 heavy (non-hydrogen) atoms. The summed E-state index contributed by atoms with van der Waals surface area (Å²) in [4.78, 5) is 26.9. The van der Waals surface area contributed by atoms with Crippen LogP contribution < -0.4 is 5.32 Å². The summed E-state index contributed by atoms with van der Waals surface area (Å²) in [5.74, 6) is -1.86. The second-order valence-corrected chi connectivity index (χ2v) is 6.12. The number of likely N-dealkylation sites (N-methyl/N-ethyl adjacent to an activating group) is 1. The van der Waals surface area contributed by atoms with E-state index in [1.54, 1.807) is 56.3 Å². The van der Waals surface area contributed by atoms with E-state index >= 15 is 0 Å². The molecule has 2 N–H and O–H groups in total. The number of amides is 1. The summed E-state index contributed by atoms with van der Waals surface area (Å²) in [5.41, 5.74) is 0.853. The lowest BCUT2D eigenvalue weighted by Crippen LogP contribution is -2.39. The minimum absolute atomic E-state index is 0.00643. The number of rotatable bonds is 7. The van der Waals surface area contributed by atoms with E-state index in [4.69, 9.17) is 12.2 Å². The Bertz CT molecular complexity index is 844. The Morgan fingerprint density at radius 2 is 1.48 bits per heavy atom. The SMILES string of the molecule is CCN(CC)C(=O)C(=O)/C(C(=S)Nc1ccccc1)=C(/O)c1ccccc1. The molecule has 0 radical (unpaired) electrons. The van der Waals surface area contributed by atoms with Gasteiger partial charge in [-0.25, -0.2) is 0 Å². The number of Topliss-reactive ketones (excluding diaryl/α,β-unsaturated/α-hetero) is 1. The van der Waals surface area contributed by atoms with Crippen LogP contribution in [0, 0.1) is 0 Å². The van der Waals surface area contributed by atoms with E-state index in [2.05, 4.69) is 5.32 Å². The number of anilines is 1. The predicted octanol–water partition coefficient (Wildman–Crippen LogP) is 3.83. The number of aliphatic hydroxyl groups is 1. The van der Waals surface area contributed by atoms with Crippen LogP contribution in [0.1, 0.15) is 19.4 Å². The molecule has 2 aromatic carbocycles. The molecule has 0 saturated carbocycles. The van der Waals surface area contributed by atoms with Gasteiger partial charge in [0, 0.05) is 24.3 Å². The van der Waals surface area contributed by atoms with Gasteiger partial charge in [-0.3, -0.25) is 9.59 Å². The van der Waals surface area contributed by atoms with Crippen LogP contribution in [0.4, 0.5) is 5.69 Å². The average molecular weight is 382 g/mol. The summed E-state index contributed by atoms with van der Waals surface area (Å²) in [7, 11) is 0. The third-order valence-corrected chi connectivity index (χ3v) is 4.32. The van der Waals surface area contributed by atoms with E-state index in [0.717, 1.165) is 0 Å². The molecule has 140 valence electrons. The van der Waals surface area contributed by atoms with Crippen molar-refractivity contribution >= 4 is 40.3 Å². The van der Waals surface area contributed by atoms with E-state index < -0.39 is 11.7 Å². The summed E-state index contributed by atoms with van der Waals surface area (Å²) in [6.07, 6.45) is 0. The van der Waals surface area contributed by atoms with Crippen molar-refractivity contribution in [1.82, 2.24) is 4.90 Å². The topological polar surface area (TPSA) is 69.6 Å². The molecule has 2 aromatic rings. The highest BCUT2D eigenvalue weighted by molar-refractivity contribution is 7.81. The number of para-hydroxylation sites is 1. The van der Waals surface area contributed by atoms with Crippen LogP contribution in [0.2, 0.25) is 0 Å². The van der Waals surface area contributed by atoms with Gasteiger partial charge >= 0.3 is 0 Å². The summed E-state index contributed by atoms with van der Waals surface area (Å²) in [6, 6.07) is 17.6. The molecule has 0 unspecified atom stereocenters. The van der Waals surface area contributed by atoms with Gasteiger partial charge in [0.25, 0.3) is 11.7 Å². The summed E-state index contributed by atoms with van der Waals surface area (Å²) >= 11 is 5.37. The third-order valence-electron chi connectivity index (χ3n) is 4.01. The molecule has 0 aliphatic heterocycles. The maximum Gasteiger partial charge on any atom is 0.295 e. The maximum absolute atomic E-state index is 12.9. The highest BCUT2D eigenvalue weighted by Crippen LogP contribution is 2.20. The molecule has 0 aliphatic carbocycles. The lowest BCUT2D eigenvalue weighted by molar-refractivity contribution is -0.142. The largest absolute Gasteiger partial charge is 0.506 e. The first-order valence-corrected chi connectivity index (χ1v) is 9.09. The zero-order valence-corrected chi connectivity index (χ0v) is 16.1. The van der Waals surface area contributed by atoms with Gasteiger partial charge in [0.1, 0.15) is 16.3 Å². The van der Waals surface area contributed by atoms with Crippen molar-refractivity contribution in [2.75, 3.05) is 18.4 Å². The molecule has 0 spiro atoms. The molecule has 5 nitrogen and oxygen atoms in total. The molecule has 0 aliphatic rings. The number of ketones is 1. The number of hydrogen-bond donors (Lipinski definition) is 2. The van der Waals surface area contributed by atoms with Crippen molar-refractivity contribution in [1.29, 1.82) is 0 Å². The molecule has 2 rings (SSSR count). The van der Waals surface area contributed by atoms with Crippen LogP contribution in [0.5, 0.6) is 0 Å². The normalized spacial score (nSPS) is 11.3. The third kappa shape index (κ3) is 5.01. The van der Waals surface area contributed by atoms with E-state index in [0.29, 0.717) is 24.3 Å². The van der Waals surface area contributed by atoms with Crippen LogP contribution in [0.3, 0.4) is 0 Å². The molecule has 1 amide bonds. The zero-order valence-electron chi connectivity index (χ0n) is 15.3. The van der Waals surface area contributed by atoms with Gasteiger partial charge in [0.05, 0.1) is 0 Å². The van der Waals surface area contributed by atoms with Gasteiger partial charge in [-0.2, -0.15) is 0 Å². The molecular formula is C21H22N2O3S. The monoisotopic (exact) mass is 382 g/mol. The fourth-order valence-electron chi connectivity index (χ4n) is 2.53. The van der Waals surface area contributed by atoms with Gasteiger partial charge in [0.2, 0.25) is 0 Å². The van der Waals surface area contributed by atoms with Crippen LogP contribution in [-0.4, -0.2) is 39.8 Å². The number of carbonyl (C=O) groups excluding carboxylic acids is 2. The smallest absolute Gasteiger partial charge is 0.295 e. The summed E-state index contributed by atoms with van der Waals surface area (Å²) in [5, 5.41) is 13.7. The second kappa shape index (κ2) is 9.64. The van der Waals surface area contributed by atoms with Crippen LogP contribution in [0.15, 0.2) is 66.2 Å². The molecule has 0 saturated heterocycles. The van der Waals surface area contributed by atoms with Crippen molar-refractivity contribution in [3.8, 4) is 0 Å². The summed E-state index contributed by atoms with van der Waals surface area (Å²) in [6.45, 7) is 4.35. The number of aliphatic hydroxyl groups excluding tert-OH is 1. The van der Waals surface area contributed by atoms with Crippen LogP contribution in [0.25, 0.3) is 5.76 Å². The number of nitrogens with one attached hydrogen (secondary N) is 1. The van der Waals surface area contributed by atoms with Crippen molar-refractivity contribution in [3.05, 3.63) is 71.8 Å². The number of hydrogen-bond acceptors (Lipinski definition) is 4. The minimum Gasteiger partial charge on any atom is -0.506 e. The Morgan fingerprint density at radius 3 is 2.00 bits per heavy atom. The second-order valence-electron chi connectivity index (χ2n) is 5.72. The first-order chi connectivity index (χ1) is 13.0. The van der Waals surface area contributed by atoms with Crippen molar-refractivity contribution < 1.29 is 14.7 Å². The Kier molecular flexibility index (Phi) is 7.25. The first-order valence-electron chi connectivity index (χ1n) is 8.68. The highest BCUT2D eigenvalue weighted by atomic mass is 32.1. The van der Waals surface area contributed by atoms with E-state index in [9.17, 15) is 14.7 Å². The van der Waals surface area contributed by atoms with Gasteiger partial charge in [-0.05, 0) is 26.0 Å². The van der Waals surface area contributed by atoms with E-state index in [-0.39, 0.29) is 16.3 Å². The van der Waals surface area contributed by atoms with Gasteiger partial charge < -0.3 is 15.3 Å². The van der Waals surface area contributed by atoms with Gasteiger partial charge in [-0.1, -0.05) is 60.7 Å². The van der Waals surface area contributed by atoms with Gasteiger partial charge in [0.15, 0.2) is 0 Å². The number of benzene rings is 2. The lowest BCUT2D eigenvalue weighted by Gasteiger charge is -2.20. The fourth-order valence-corrected chi connectivity index (χ4v) is 2.84.